The molecule has 0 aromatic carbocycles. The van der Waals surface area contributed by atoms with Crippen molar-refractivity contribution in [3.63, 3.8) is 0 Å². The number of hydrogen-bond acceptors (Lipinski definition) is 4. The van der Waals surface area contributed by atoms with E-state index in [1.807, 2.05) is 13.0 Å². The Hall–Kier alpha value is -0.420. The Morgan fingerprint density at radius 1 is 1.14 bits per heavy atom. The molecule has 4 aliphatic heterocycles. The Bertz CT molecular complexity index is 466. The Balaban J connectivity index is 1.77. The highest BCUT2D eigenvalue weighted by Crippen LogP contribution is 2.60. The van der Waals surface area contributed by atoms with Crippen molar-refractivity contribution >= 4 is 0 Å². The summed E-state index contributed by atoms with van der Waals surface area (Å²) in [6, 6.07) is 0. The van der Waals surface area contributed by atoms with Gasteiger partial charge in [0.25, 0.3) is 0 Å². The topological polar surface area (TPSA) is 36.9 Å². The summed E-state index contributed by atoms with van der Waals surface area (Å²) in [5.74, 6) is 1.27. The highest BCUT2D eigenvalue weighted by molar-refractivity contribution is 5.10. The second-order valence-corrected chi connectivity index (χ2v) is 7.97. The molecule has 22 heavy (non-hydrogen) atoms. The molecule has 1 unspecified atom stereocenters. The van der Waals surface area contributed by atoms with E-state index >= 15 is 0 Å². The van der Waals surface area contributed by atoms with E-state index in [9.17, 15) is 0 Å². The molecule has 5 rings (SSSR count). The van der Waals surface area contributed by atoms with Crippen molar-refractivity contribution in [2.24, 2.45) is 23.7 Å². The first-order valence-corrected chi connectivity index (χ1v) is 8.81. The number of hydrogen-bond donors (Lipinski definition) is 0. The Kier molecular flexibility index (Phi) is 3.46. The van der Waals surface area contributed by atoms with Gasteiger partial charge in [-0.25, -0.2) is 9.78 Å². The monoisotopic (exact) mass is 308 g/mol. The predicted octanol–water partition coefficient (Wildman–Crippen LogP) is 3.81. The van der Waals surface area contributed by atoms with E-state index in [0.717, 1.165) is 25.7 Å². The lowest BCUT2D eigenvalue weighted by atomic mass is 9.57. The molecule has 4 nitrogen and oxygen atoms in total. The van der Waals surface area contributed by atoms with E-state index in [1.54, 1.807) is 0 Å². The van der Waals surface area contributed by atoms with E-state index in [0.29, 0.717) is 23.7 Å². The molecule has 0 radical (unpaired) electrons. The minimum Gasteiger partial charge on any atom is -0.346 e. The molecule has 2 bridgehead atoms. The van der Waals surface area contributed by atoms with Crippen LogP contribution in [0.2, 0.25) is 0 Å². The smallest absolute Gasteiger partial charge is 0.201 e. The van der Waals surface area contributed by atoms with Gasteiger partial charge in [-0.15, -0.1) is 6.58 Å². The van der Waals surface area contributed by atoms with Gasteiger partial charge in [-0.05, 0) is 50.4 Å². The SMILES string of the molecule is C=CC[C@H]1OC2O[C@@]3(C)CC[C@H]4[C@H](C)CC[C@@H]([C@H]1C)[C@@]24OO3. The van der Waals surface area contributed by atoms with E-state index in [2.05, 4.69) is 20.4 Å². The first kappa shape index (κ1) is 15.1. The first-order valence-electron chi connectivity index (χ1n) is 8.81. The summed E-state index contributed by atoms with van der Waals surface area (Å²) in [5, 5.41) is 0. The fraction of sp³-hybridized carbons (Fsp3) is 0.889. The molecule has 5 fully saturated rings. The maximum absolute atomic E-state index is 6.40. The molecule has 1 saturated carbocycles. The lowest BCUT2D eigenvalue weighted by molar-refractivity contribution is -0.571. The van der Waals surface area contributed by atoms with Gasteiger partial charge in [0.15, 0.2) is 11.9 Å². The molecular weight excluding hydrogens is 280 g/mol. The third kappa shape index (κ3) is 1.90. The highest BCUT2D eigenvalue weighted by atomic mass is 17.3. The quantitative estimate of drug-likeness (QED) is 0.574. The number of fused-ring (bicyclic) bond motifs is 2. The summed E-state index contributed by atoms with van der Waals surface area (Å²) >= 11 is 0. The van der Waals surface area contributed by atoms with Gasteiger partial charge in [0, 0.05) is 12.3 Å². The van der Waals surface area contributed by atoms with Crippen LogP contribution < -0.4 is 0 Å². The summed E-state index contributed by atoms with van der Waals surface area (Å²) in [4.78, 5) is 11.9. The molecule has 1 spiro atoms. The lowest BCUT2D eigenvalue weighted by Gasteiger charge is -2.60. The molecule has 0 N–H and O–H groups in total. The third-order valence-corrected chi connectivity index (χ3v) is 6.69. The zero-order valence-electron chi connectivity index (χ0n) is 13.9. The third-order valence-electron chi connectivity index (χ3n) is 6.69. The predicted molar refractivity (Wildman–Crippen MR) is 81.6 cm³/mol. The summed E-state index contributed by atoms with van der Waals surface area (Å²) in [7, 11) is 0. The highest BCUT2D eigenvalue weighted by Gasteiger charge is 2.69. The molecule has 0 aromatic heterocycles. The van der Waals surface area contributed by atoms with Gasteiger partial charge in [0.05, 0.1) is 6.10 Å². The van der Waals surface area contributed by atoms with Crippen LogP contribution in [0.1, 0.15) is 52.9 Å². The maximum atomic E-state index is 6.40. The van der Waals surface area contributed by atoms with Crippen molar-refractivity contribution in [1.82, 2.24) is 0 Å². The minimum atomic E-state index is -0.670. The fourth-order valence-electron chi connectivity index (χ4n) is 5.41. The van der Waals surface area contributed by atoms with Crippen molar-refractivity contribution in [2.75, 3.05) is 0 Å². The maximum Gasteiger partial charge on any atom is 0.201 e. The molecule has 8 atom stereocenters. The van der Waals surface area contributed by atoms with E-state index in [1.165, 1.54) is 6.42 Å². The lowest BCUT2D eigenvalue weighted by Crippen LogP contribution is -2.70. The van der Waals surface area contributed by atoms with Crippen molar-refractivity contribution in [1.29, 1.82) is 0 Å². The van der Waals surface area contributed by atoms with Gasteiger partial charge in [-0.3, -0.25) is 0 Å². The van der Waals surface area contributed by atoms with Gasteiger partial charge >= 0.3 is 0 Å². The van der Waals surface area contributed by atoms with Gasteiger partial charge < -0.3 is 9.47 Å². The van der Waals surface area contributed by atoms with E-state index in [4.69, 9.17) is 19.2 Å². The average Bonchev–Trinajstić information content (AvgIpc) is 2.71. The molecule has 124 valence electrons. The molecule has 0 aromatic rings. The van der Waals surface area contributed by atoms with Crippen LogP contribution in [0.4, 0.5) is 0 Å². The van der Waals surface area contributed by atoms with Crippen LogP contribution in [0.3, 0.4) is 0 Å². The van der Waals surface area contributed by atoms with Crippen molar-refractivity contribution in [3.05, 3.63) is 12.7 Å². The molecule has 0 amide bonds. The molecule has 4 heteroatoms. The standard InChI is InChI=1S/C18H28O4/c1-5-6-15-12(3)14-8-7-11(2)13-9-10-17(4)20-16(19-15)18(13,14)22-21-17/h5,11-16H,1,6-10H2,2-4H3/t11-,12-,13+,14+,15-,16?,17-,18-/m1/s1. The summed E-state index contributed by atoms with van der Waals surface area (Å²) in [6.45, 7) is 10.5. The largest absolute Gasteiger partial charge is 0.346 e. The number of rotatable bonds is 2. The second-order valence-electron chi connectivity index (χ2n) is 7.97. The molecule has 5 aliphatic rings. The van der Waals surface area contributed by atoms with Crippen LogP contribution in [0, 0.1) is 23.7 Å². The van der Waals surface area contributed by atoms with Crippen LogP contribution in [0.5, 0.6) is 0 Å². The molecule has 4 heterocycles. The zero-order valence-corrected chi connectivity index (χ0v) is 13.9. The van der Waals surface area contributed by atoms with Crippen LogP contribution in [0.25, 0.3) is 0 Å². The fourth-order valence-corrected chi connectivity index (χ4v) is 5.41. The minimum absolute atomic E-state index is 0.165. The Morgan fingerprint density at radius 2 is 1.95 bits per heavy atom. The van der Waals surface area contributed by atoms with Gasteiger partial charge in [-0.1, -0.05) is 19.9 Å². The summed E-state index contributed by atoms with van der Waals surface area (Å²) in [6.07, 6.45) is 7.06. The Labute approximate surface area is 133 Å². The number of ether oxygens (including phenoxy) is 2. The molecular formula is C18H28O4. The van der Waals surface area contributed by atoms with Crippen molar-refractivity contribution in [2.45, 2.75) is 76.7 Å². The second kappa shape index (κ2) is 5.04. The van der Waals surface area contributed by atoms with E-state index < -0.39 is 11.4 Å². The summed E-state index contributed by atoms with van der Waals surface area (Å²) in [5.41, 5.74) is -0.426. The van der Waals surface area contributed by atoms with Crippen LogP contribution in [0.15, 0.2) is 12.7 Å². The summed E-state index contributed by atoms with van der Waals surface area (Å²) < 4.78 is 12.7. The molecule has 4 saturated heterocycles. The van der Waals surface area contributed by atoms with E-state index in [-0.39, 0.29) is 12.4 Å². The van der Waals surface area contributed by atoms with Crippen molar-refractivity contribution in [3.8, 4) is 0 Å². The first-order chi connectivity index (χ1) is 10.5. The van der Waals surface area contributed by atoms with Gasteiger partial charge in [0.1, 0.15) is 0 Å². The van der Waals surface area contributed by atoms with Crippen LogP contribution >= 0.6 is 0 Å². The Morgan fingerprint density at radius 3 is 2.73 bits per heavy atom. The van der Waals surface area contributed by atoms with Crippen LogP contribution in [-0.4, -0.2) is 23.8 Å². The van der Waals surface area contributed by atoms with Crippen molar-refractivity contribution < 1.29 is 19.2 Å². The average molecular weight is 308 g/mol. The van der Waals surface area contributed by atoms with Crippen LogP contribution in [-0.2, 0) is 19.2 Å². The van der Waals surface area contributed by atoms with Gasteiger partial charge in [-0.2, -0.15) is 0 Å². The molecule has 1 aliphatic carbocycles. The zero-order chi connectivity index (χ0) is 15.5. The normalized spacial score (nSPS) is 57.0. The van der Waals surface area contributed by atoms with Gasteiger partial charge in [0.2, 0.25) is 5.79 Å².